The Morgan fingerprint density at radius 1 is 1.33 bits per heavy atom. The van der Waals surface area contributed by atoms with Crippen molar-refractivity contribution in [3.05, 3.63) is 30.1 Å². The molecule has 1 aliphatic rings. The zero-order valence-electron chi connectivity index (χ0n) is 8.53. The SMILES string of the molecule is OC(CSc1ccc(F)cc1)C1CCC1. The zero-order chi connectivity index (χ0) is 10.7. The van der Waals surface area contributed by atoms with Crippen LogP contribution in [0.5, 0.6) is 0 Å². The van der Waals surface area contributed by atoms with E-state index in [1.807, 2.05) is 0 Å². The van der Waals surface area contributed by atoms with Crippen LogP contribution >= 0.6 is 11.8 Å². The summed E-state index contributed by atoms with van der Waals surface area (Å²) < 4.78 is 12.6. The van der Waals surface area contributed by atoms with Crippen LogP contribution in [0.1, 0.15) is 19.3 Å². The predicted octanol–water partition coefficient (Wildman–Crippen LogP) is 3.08. The van der Waals surface area contributed by atoms with Crippen LogP contribution in [0.15, 0.2) is 29.2 Å². The van der Waals surface area contributed by atoms with Gasteiger partial charge in [0, 0.05) is 10.6 Å². The Kier molecular flexibility index (Phi) is 3.65. The van der Waals surface area contributed by atoms with Gasteiger partial charge in [-0.1, -0.05) is 6.42 Å². The van der Waals surface area contributed by atoms with Crippen LogP contribution in [0, 0.1) is 11.7 Å². The summed E-state index contributed by atoms with van der Waals surface area (Å²) in [6.45, 7) is 0. The van der Waals surface area contributed by atoms with Crippen molar-refractivity contribution in [3.8, 4) is 0 Å². The van der Waals surface area contributed by atoms with Gasteiger partial charge in [0.05, 0.1) is 6.10 Å². The molecule has 1 aliphatic carbocycles. The first-order chi connectivity index (χ1) is 7.25. The highest BCUT2D eigenvalue weighted by atomic mass is 32.2. The fraction of sp³-hybridized carbons (Fsp3) is 0.500. The standard InChI is InChI=1S/C12H15FOS/c13-10-4-6-11(7-5-10)15-8-12(14)9-2-1-3-9/h4-7,9,12,14H,1-3,8H2. The Balaban J connectivity index is 1.79. The molecule has 1 fully saturated rings. The number of aliphatic hydroxyl groups excluding tert-OH is 1. The van der Waals surface area contributed by atoms with Gasteiger partial charge in [-0.3, -0.25) is 0 Å². The minimum Gasteiger partial charge on any atom is -0.392 e. The molecular formula is C12H15FOS. The van der Waals surface area contributed by atoms with E-state index >= 15 is 0 Å². The molecule has 1 aromatic carbocycles. The van der Waals surface area contributed by atoms with E-state index in [2.05, 4.69) is 0 Å². The number of hydrogen-bond acceptors (Lipinski definition) is 2. The van der Waals surface area contributed by atoms with Gasteiger partial charge in [0.25, 0.3) is 0 Å². The first-order valence-corrected chi connectivity index (χ1v) is 6.31. The second-order valence-electron chi connectivity index (χ2n) is 4.02. The number of benzene rings is 1. The molecular weight excluding hydrogens is 211 g/mol. The van der Waals surface area contributed by atoms with Gasteiger partial charge in [0.15, 0.2) is 0 Å². The van der Waals surface area contributed by atoms with Crippen molar-refractivity contribution in [2.24, 2.45) is 5.92 Å². The molecule has 0 spiro atoms. The van der Waals surface area contributed by atoms with Gasteiger partial charge >= 0.3 is 0 Å². The Hall–Kier alpha value is -0.540. The summed E-state index contributed by atoms with van der Waals surface area (Å²) in [5.41, 5.74) is 0. The molecule has 1 aromatic rings. The van der Waals surface area contributed by atoms with Crippen molar-refractivity contribution in [1.82, 2.24) is 0 Å². The number of thioether (sulfide) groups is 1. The minimum atomic E-state index is -0.209. The van der Waals surface area contributed by atoms with Crippen LogP contribution in [-0.4, -0.2) is 17.0 Å². The maximum absolute atomic E-state index is 12.6. The van der Waals surface area contributed by atoms with Gasteiger partial charge in [0.2, 0.25) is 0 Å². The van der Waals surface area contributed by atoms with Crippen LogP contribution in [0.4, 0.5) is 4.39 Å². The lowest BCUT2D eigenvalue weighted by Crippen LogP contribution is -2.28. The van der Waals surface area contributed by atoms with Crippen LogP contribution in [0.3, 0.4) is 0 Å². The average Bonchev–Trinajstić information content (AvgIpc) is 2.14. The van der Waals surface area contributed by atoms with Crippen LogP contribution < -0.4 is 0 Å². The zero-order valence-corrected chi connectivity index (χ0v) is 9.34. The maximum Gasteiger partial charge on any atom is 0.123 e. The van der Waals surface area contributed by atoms with E-state index in [0.29, 0.717) is 5.92 Å². The fourth-order valence-corrected chi connectivity index (χ4v) is 2.64. The lowest BCUT2D eigenvalue weighted by atomic mass is 9.82. The maximum atomic E-state index is 12.6. The number of hydrogen-bond donors (Lipinski definition) is 1. The third-order valence-corrected chi connectivity index (χ3v) is 4.04. The van der Waals surface area contributed by atoms with Crippen molar-refractivity contribution < 1.29 is 9.50 Å². The monoisotopic (exact) mass is 226 g/mol. The smallest absolute Gasteiger partial charge is 0.123 e. The predicted molar refractivity (Wildman–Crippen MR) is 60.5 cm³/mol. The van der Waals surface area contributed by atoms with Crippen molar-refractivity contribution in [3.63, 3.8) is 0 Å². The van der Waals surface area contributed by atoms with Gasteiger partial charge in [-0.25, -0.2) is 4.39 Å². The Labute approximate surface area is 93.7 Å². The molecule has 0 radical (unpaired) electrons. The molecule has 3 heteroatoms. The third-order valence-electron chi connectivity index (χ3n) is 2.93. The first kappa shape index (κ1) is 11.0. The second-order valence-corrected chi connectivity index (χ2v) is 5.12. The first-order valence-electron chi connectivity index (χ1n) is 5.32. The van der Waals surface area contributed by atoms with E-state index in [9.17, 15) is 9.50 Å². The topological polar surface area (TPSA) is 20.2 Å². The molecule has 1 nitrogen and oxygen atoms in total. The van der Waals surface area contributed by atoms with Crippen LogP contribution in [0.2, 0.25) is 0 Å². The van der Waals surface area contributed by atoms with E-state index in [-0.39, 0.29) is 11.9 Å². The van der Waals surface area contributed by atoms with Gasteiger partial charge in [-0.05, 0) is 43.0 Å². The summed E-state index contributed by atoms with van der Waals surface area (Å²) in [6.07, 6.45) is 3.37. The molecule has 0 aliphatic heterocycles. The molecule has 1 N–H and O–H groups in total. The van der Waals surface area contributed by atoms with Crippen molar-refractivity contribution in [2.45, 2.75) is 30.3 Å². The highest BCUT2D eigenvalue weighted by Gasteiger charge is 2.25. The molecule has 82 valence electrons. The molecule has 1 unspecified atom stereocenters. The van der Waals surface area contributed by atoms with Gasteiger partial charge in [0.1, 0.15) is 5.82 Å². The molecule has 15 heavy (non-hydrogen) atoms. The highest BCUT2D eigenvalue weighted by molar-refractivity contribution is 7.99. The van der Waals surface area contributed by atoms with Crippen LogP contribution in [0.25, 0.3) is 0 Å². The van der Waals surface area contributed by atoms with Crippen LogP contribution in [-0.2, 0) is 0 Å². The lowest BCUT2D eigenvalue weighted by Gasteiger charge is -2.29. The van der Waals surface area contributed by atoms with Gasteiger partial charge in [-0.2, -0.15) is 0 Å². The summed E-state index contributed by atoms with van der Waals surface area (Å²) >= 11 is 1.60. The van der Waals surface area contributed by atoms with E-state index in [0.717, 1.165) is 23.5 Å². The van der Waals surface area contributed by atoms with Crippen molar-refractivity contribution >= 4 is 11.8 Å². The Bertz CT molecular complexity index is 308. The number of halogens is 1. The quantitative estimate of drug-likeness (QED) is 0.796. The summed E-state index contributed by atoms with van der Waals surface area (Å²) in [4.78, 5) is 1.02. The van der Waals surface area contributed by atoms with E-state index < -0.39 is 0 Å². The Morgan fingerprint density at radius 2 is 2.00 bits per heavy atom. The molecule has 1 atom stereocenters. The summed E-state index contributed by atoms with van der Waals surface area (Å²) in [7, 11) is 0. The van der Waals surface area contributed by atoms with Gasteiger partial charge in [-0.15, -0.1) is 11.8 Å². The molecule has 1 saturated carbocycles. The molecule has 0 bridgehead atoms. The number of aliphatic hydroxyl groups is 1. The second kappa shape index (κ2) is 4.99. The minimum absolute atomic E-state index is 0.200. The van der Waals surface area contributed by atoms with E-state index in [1.165, 1.54) is 18.6 Å². The summed E-state index contributed by atoms with van der Waals surface area (Å²) in [5, 5.41) is 9.79. The summed E-state index contributed by atoms with van der Waals surface area (Å²) in [5.74, 6) is 1.01. The largest absolute Gasteiger partial charge is 0.392 e. The molecule has 0 saturated heterocycles. The van der Waals surface area contributed by atoms with Gasteiger partial charge < -0.3 is 5.11 Å². The molecule has 0 heterocycles. The summed E-state index contributed by atoms with van der Waals surface area (Å²) in [6, 6.07) is 6.43. The molecule has 0 aromatic heterocycles. The normalized spacial score (nSPS) is 18.5. The van der Waals surface area contributed by atoms with Crippen molar-refractivity contribution in [1.29, 1.82) is 0 Å². The molecule has 0 amide bonds. The fourth-order valence-electron chi connectivity index (χ4n) is 1.67. The average molecular weight is 226 g/mol. The highest BCUT2D eigenvalue weighted by Crippen LogP contribution is 2.32. The van der Waals surface area contributed by atoms with E-state index in [4.69, 9.17) is 0 Å². The Morgan fingerprint density at radius 3 is 2.53 bits per heavy atom. The van der Waals surface area contributed by atoms with Crippen molar-refractivity contribution in [2.75, 3.05) is 5.75 Å². The third kappa shape index (κ3) is 2.95. The number of rotatable bonds is 4. The lowest BCUT2D eigenvalue weighted by molar-refractivity contribution is 0.0817. The van der Waals surface area contributed by atoms with E-state index in [1.54, 1.807) is 23.9 Å². The molecule has 2 rings (SSSR count).